The van der Waals surface area contributed by atoms with Crippen molar-refractivity contribution in [2.45, 2.75) is 37.0 Å². The normalized spacial score (nSPS) is 16.3. The third-order valence-corrected chi connectivity index (χ3v) is 6.13. The summed E-state index contributed by atoms with van der Waals surface area (Å²) in [5.41, 5.74) is 4.36. The Bertz CT molecular complexity index is 837. The number of nitrogens with one attached hydrogen (secondary N) is 1. The van der Waals surface area contributed by atoms with Gasteiger partial charge in [0.2, 0.25) is 5.03 Å². The third-order valence-electron chi connectivity index (χ3n) is 4.86. The fourth-order valence-corrected chi connectivity index (χ4v) is 4.55. The molecular formula is C20H23N3OS. The second kappa shape index (κ2) is 7.10. The fraction of sp³-hybridized carbons (Fsp3) is 0.350. The third kappa shape index (κ3) is 3.53. The van der Waals surface area contributed by atoms with E-state index in [0.717, 1.165) is 34.7 Å². The maximum absolute atomic E-state index is 12.8. The van der Waals surface area contributed by atoms with Gasteiger partial charge in [-0.1, -0.05) is 18.2 Å². The number of piperidine rings is 1. The lowest BCUT2D eigenvalue weighted by atomic mass is 10.1. The van der Waals surface area contributed by atoms with E-state index in [4.69, 9.17) is 0 Å². The molecule has 3 heterocycles. The van der Waals surface area contributed by atoms with Crippen LogP contribution in [0.1, 0.15) is 30.5 Å². The molecule has 2 aromatic heterocycles. The zero-order valence-electron chi connectivity index (χ0n) is 14.5. The molecule has 1 saturated heterocycles. The summed E-state index contributed by atoms with van der Waals surface area (Å²) in [6.45, 7) is 4.32. The van der Waals surface area contributed by atoms with E-state index in [9.17, 15) is 4.55 Å². The molecule has 1 aromatic carbocycles. The van der Waals surface area contributed by atoms with Crippen molar-refractivity contribution in [1.29, 1.82) is 0 Å². The highest BCUT2D eigenvalue weighted by Crippen LogP contribution is 2.26. The number of hydrogen-bond acceptors (Lipinski definition) is 3. The van der Waals surface area contributed by atoms with Crippen LogP contribution in [-0.4, -0.2) is 27.6 Å². The van der Waals surface area contributed by atoms with Crippen LogP contribution >= 0.6 is 0 Å². The van der Waals surface area contributed by atoms with Crippen molar-refractivity contribution in [3.63, 3.8) is 0 Å². The highest BCUT2D eigenvalue weighted by Gasteiger charge is 2.19. The largest absolute Gasteiger partial charge is 0.610 e. The van der Waals surface area contributed by atoms with Crippen molar-refractivity contribution in [1.82, 2.24) is 9.97 Å². The average Bonchev–Trinajstić information content (AvgIpc) is 3.08. The summed E-state index contributed by atoms with van der Waals surface area (Å²) in [6.07, 6.45) is 5.73. The molecule has 0 bridgehead atoms. The molecule has 0 amide bonds. The molecule has 5 heteroatoms. The van der Waals surface area contributed by atoms with Gasteiger partial charge in [-0.05, 0) is 43.9 Å². The van der Waals surface area contributed by atoms with E-state index in [1.165, 1.54) is 30.5 Å². The molecule has 0 spiro atoms. The first-order chi connectivity index (χ1) is 12.2. The molecule has 0 saturated carbocycles. The first-order valence-corrected chi connectivity index (χ1v) is 10.2. The predicted octanol–water partition coefficient (Wildman–Crippen LogP) is 4.17. The second-order valence-electron chi connectivity index (χ2n) is 6.72. The number of nitrogens with zero attached hydrogens (tertiary/aromatic N) is 2. The van der Waals surface area contributed by atoms with Gasteiger partial charge in [0.25, 0.3) is 0 Å². The first kappa shape index (κ1) is 16.5. The molecule has 0 radical (unpaired) electrons. The Morgan fingerprint density at radius 2 is 1.96 bits per heavy atom. The highest BCUT2D eigenvalue weighted by molar-refractivity contribution is 7.90. The Balaban J connectivity index is 1.55. The molecule has 1 atom stereocenters. The van der Waals surface area contributed by atoms with E-state index in [2.05, 4.69) is 27.9 Å². The number of anilines is 1. The lowest BCUT2D eigenvalue weighted by Gasteiger charge is -2.30. The topological polar surface area (TPSA) is 55.0 Å². The predicted molar refractivity (Wildman–Crippen MR) is 103 cm³/mol. The van der Waals surface area contributed by atoms with Crippen molar-refractivity contribution in [3.8, 4) is 0 Å². The number of aromatic amines is 1. The van der Waals surface area contributed by atoms with Crippen LogP contribution in [-0.2, 0) is 16.9 Å². The van der Waals surface area contributed by atoms with E-state index in [-0.39, 0.29) is 0 Å². The van der Waals surface area contributed by atoms with Crippen LogP contribution in [0, 0.1) is 6.92 Å². The van der Waals surface area contributed by atoms with Crippen LogP contribution < -0.4 is 4.90 Å². The van der Waals surface area contributed by atoms with Gasteiger partial charge in [-0.15, -0.1) is 0 Å². The van der Waals surface area contributed by atoms with Crippen LogP contribution in [0.2, 0.25) is 0 Å². The number of aryl methyl sites for hydroxylation is 1. The Labute approximate surface area is 151 Å². The van der Waals surface area contributed by atoms with Gasteiger partial charge in [-0.3, -0.25) is 4.98 Å². The molecular weight excluding hydrogens is 330 g/mol. The summed E-state index contributed by atoms with van der Waals surface area (Å²) < 4.78 is 12.8. The number of pyridine rings is 1. The summed E-state index contributed by atoms with van der Waals surface area (Å²) in [7, 11) is 0. The summed E-state index contributed by atoms with van der Waals surface area (Å²) >= 11 is -1.12. The number of hydrogen-bond donors (Lipinski definition) is 1. The van der Waals surface area contributed by atoms with Gasteiger partial charge in [0, 0.05) is 53.1 Å². The van der Waals surface area contributed by atoms with Gasteiger partial charge in [0.15, 0.2) is 5.75 Å². The van der Waals surface area contributed by atoms with Crippen molar-refractivity contribution in [2.75, 3.05) is 18.0 Å². The van der Waals surface area contributed by atoms with Crippen molar-refractivity contribution < 1.29 is 4.55 Å². The zero-order valence-corrected chi connectivity index (χ0v) is 15.3. The maximum Gasteiger partial charge on any atom is 0.224 e. The van der Waals surface area contributed by atoms with Crippen molar-refractivity contribution in [3.05, 3.63) is 53.9 Å². The first-order valence-electron chi connectivity index (χ1n) is 8.87. The summed E-state index contributed by atoms with van der Waals surface area (Å²) in [5.74, 6) is 0.438. The minimum atomic E-state index is -1.12. The molecule has 0 aliphatic carbocycles. The second-order valence-corrected chi connectivity index (χ2v) is 8.14. The summed E-state index contributed by atoms with van der Waals surface area (Å²) in [4.78, 5) is 10.2. The number of rotatable bonds is 4. The average molecular weight is 353 g/mol. The van der Waals surface area contributed by atoms with E-state index in [1.54, 1.807) is 0 Å². The van der Waals surface area contributed by atoms with E-state index >= 15 is 0 Å². The summed E-state index contributed by atoms with van der Waals surface area (Å²) in [6, 6.07) is 12.1. The van der Waals surface area contributed by atoms with E-state index in [0.29, 0.717) is 5.75 Å². The van der Waals surface area contributed by atoms with Crippen molar-refractivity contribution >= 4 is 27.8 Å². The SMILES string of the molecule is Cc1cnc(C[S+]([O-])c2cc3ccccc3[nH]2)cc1N1CCCCC1. The molecule has 1 unspecified atom stereocenters. The number of para-hydroxylation sites is 1. The Morgan fingerprint density at radius 1 is 1.16 bits per heavy atom. The molecule has 4 rings (SSSR count). The number of benzene rings is 1. The monoisotopic (exact) mass is 353 g/mol. The molecule has 1 aliphatic heterocycles. The van der Waals surface area contributed by atoms with Gasteiger partial charge in [0.1, 0.15) is 0 Å². The highest BCUT2D eigenvalue weighted by atomic mass is 32.2. The van der Waals surface area contributed by atoms with Gasteiger partial charge >= 0.3 is 0 Å². The quantitative estimate of drug-likeness (QED) is 0.716. The molecule has 25 heavy (non-hydrogen) atoms. The van der Waals surface area contributed by atoms with Crippen LogP contribution in [0.5, 0.6) is 0 Å². The zero-order chi connectivity index (χ0) is 17.2. The maximum atomic E-state index is 12.8. The van der Waals surface area contributed by atoms with Gasteiger partial charge in [-0.2, -0.15) is 0 Å². The number of aromatic nitrogens is 2. The van der Waals surface area contributed by atoms with Crippen molar-refractivity contribution in [2.24, 2.45) is 0 Å². The molecule has 4 nitrogen and oxygen atoms in total. The standard InChI is InChI=1S/C20H23N3OS/c1-15-13-21-17(12-19(15)23-9-5-2-6-10-23)14-25(24)20-11-16-7-3-4-8-18(16)22-20/h3-4,7-8,11-13,22H,2,5-6,9-10,14H2,1H3. The Hall–Kier alpha value is -1.98. The molecule has 1 N–H and O–H groups in total. The molecule has 3 aromatic rings. The van der Waals surface area contributed by atoms with Gasteiger partial charge in [-0.25, -0.2) is 0 Å². The number of H-pyrrole nitrogens is 1. The van der Waals surface area contributed by atoms with Gasteiger partial charge in [0.05, 0.1) is 5.69 Å². The Morgan fingerprint density at radius 3 is 2.76 bits per heavy atom. The Kier molecular flexibility index (Phi) is 4.68. The smallest absolute Gasteiger partial charge is 0.224 e. The van der Waals surface area contributed by atoms with Crippen LogP contribution in [0.3, 0.4) is 0 Å². The minimum absolute atomic E-state index is 0.438. The van der Waals surface area contributed by atoms with Crippen LogP contribution in [0.4, 0.5) is 5.69 Å². The van der Waals surface area contributed by atoms with Crippen LogP contribution in [0.25, 0.3) is 10.9 Å². The molecule has 1 fully saturated rings. The van der Waals surface area contributed by atoms with Gasteiger partial charge < -0.3 is 14.4 Å². The summed E-state index contributed by atoms with van der Waals surface area (Å²) in [5, 5.41) is 1.86. The van der Waals surface area contributed by atoms with E-state index in [1.807, 2.05) is 36.5 Å². The van der Waals surface area contributed by atoms with Crippen LogP contribution in [0.15, 0.2) is 47.6 Å². The molecule has 130 valence electrons. The number of fused-ring (bicyclic) bond motifs is 1. The molecule has 1 aliphatic rings. The van der Waals surface area contributed by atoms with E-state index < -0.39 is 11.2 Å². The lowest BCUT2D eigenvalue weighted by molar-refractivity contribution is 0.576. The minimum Gasteiger partial charge on any atom is -0.610 e. The lowest BCUT2D eigenvalue weighted by Crippen LogP contribution is -2.30. The fourth-order valence-electron chi connectivity index (χ4n) is 3.49.